The maximum absolute atomic E-state index is 12.3. The van der Waals surface area contributed by atoms with E-state index in [1.807, 2.05) is 0 Å². The fourth-order valence-electron chi connectivity index (χ4n) is 1.98. The first-order chi connectivity index (χ1) is 8.54. The molecule has 1 heterocycles. The van der Waals surface area contributed by atoms with Gasteiger partial charge in [0.25, 0.3) is 0 Å². The van der Waals surface area contributed by atoms with Gasteiger partial charge in [0.05, 0.1) is 18.1 Å². The largest absolute Gasteiger partial charge is 0.497 e. The maximum atomic E-state index is 12.3. The zero-order valence-electron chi connectivity index (χ0n) is 10.2. The zero-order valence-corrected chi connectivity index (χ0v) is 11.1. The van der Waals surface area contributed by atoms with Gasteiger partial charge in [-0.2, -0.15) is 4.31 Å². The summed E-state index contributed by atoms with van der Waals surface area (Å²) in [5, 5.41) is 9.39. The quantitative estimate of drug-likeness (QED) is 0.884. The summed E-state index contributed by atoms with van der Waals surface area (Å²) in [5.74, 6) is 0.628. The van der Waals surface area contributed by atoms with Gasteiger partial charge in [0.1, 0.15) is 5.75 Å². The second-order valence-corrected chi connectivity index (χ2v) is 6.25. The molecule has 1 fully saturated rings. The fourth-order valence-corrected chi connectivity index (χ4v) is 3.45. The van der Waals surface area contributed by atoms with Crippen LogP contribution in [0, 0.1) is 0 Å². The van der Waals surface area contributed by atoms with Crippen LogP contribution in [0.15, 0.2) is 29.2 Å². The monoisotopic (exact) mass is 271 g/mol. The van der Waals surface area contributed by atoms with Crippen LogP contribution in [-0.4, -0.2) is 44.1 Å². The Labute approximate surface area is 107 Å². The van der Waals surface area contributed by atoms with E-state index in [0.717, 1.165) is 0 Å². The number of sulfonamides is 1. The van der Waals surface area contributed by atoms with Gasteiger partial charge in [-0.3, -0.25) is 0 Å². The van der Waals surface area contributed by atoms with Gasteiger partial charge in [0.15, 0.2) is 0 Å². The molecule has 1 saturated heterocycles. The number of piperidine rings is 1. The van der Waals surface area contributed by atoms with Gasteiger partial charge in [0.2, 0.25) is 10.0 Å². The van der Waals surface area contributed by atoms with Crippen LogP contribution in [0.5, 0.6) is 5.75 Å². The third-order valence-corrected chi connectivity index (χ3v) is 5.03. The Morgan fingerprint density at radius 2 is 1.78 bits per heavy atom. The first-order valence-corrected chi connectivity index (χ1v) is 7.30. The van der Waals surface area contributed by atoms with E-state index in [0.29, 0.717) is 31.7 Å². The molecule has 100 valence electrons. The van der Waals surface area contributed by atoms with Crippen molar-refractivity contribution in [2.45, 2.75) is 23.8 Å². The molecule has 1 aromatic carbocycles. The van der Waals surface area contributed by atoms with Gasteiger partial charge < -0.3 is 9.84 Å². The first-order valence-electron chi connectivity index (χ1n) is 5.86. The summed E-state index contributed by atoms with van der Waals surface area (Å²) in [6, 6.07) is 6.34. The molecule has 18 heavy (non-hydrogen) atoms. The van der Waals surface area contributed by atoms with Gasteiger partial charge in [-0.15, -0.1) is 0 Å². The Morgan fingerprint density at radius 3 is 2.28 bits per heavy atom. The number of aliphatic hydroxyl groups excluding tert-OH is 1. The van der Waals surface area contributed by atoms with Gasteiger partial charge in [-0.25, -0.2) is 8.42 Å². The minimum atomic E-state index is -3.44. The summed E-state index contributed by atoms with van der Waals surface area (Å²) in [6.07, 6.45) is 0.609. The van der Waals surface area contributed by atoms with Crippen LogP contribution in [0.3, 0.4) is 0 Å². The SMILES string of the molecule is COc1ccc(S(=O)(=O)N2CCC(O)CC2)cc1. The van der Waals surface area contributed by atoms with E-state index in [1.54, 1.807) is 24.3 Å². The highest BCUT2D eigenvalue weighted by atomic mass is 32.2. The van der Waals surface area contributed by atoms with Crippen LogP contribution >= 0.6 is 0 Å². The highest BCUT2D eigenvalue weighted by Gasteiger charge is 2.28. The van der Waals surface area contributed by atoms with Crippen molar-refractivity contribution >= 4 is 10.0 Å². The van der Waals surface area contributed by atoms with Crippen molar-refractivity contribution in [3.8, 4) is 5.75 Å². The van der Waals surface area contributed by atoms with E-state index in [-0.39, 0.29) is 11.0 Å². The second kappa shape index (κ2) is 5.26. The molecule has 1 N–H and O–H groups in total. The minimum Gasteiger partial charge on any atom is -0.497 e. The first kappa shape index (κ1) is 13.3. The van der Waals surface area contributed by atoms with Crippen LogP contribution < -0.4 is 4.74 Å². The van der Waals surface area contributed by atoms with Crippen LogP contribution in [0.1, 0.15) is 12.8 Å². The van der Waals surface area contributed by atoms with Crippen LogP contribution in [0.25, 0.3) is 0 Å². The number of hydrogen-bond donors (Lipinski definition) is 1. The smallest absolute Gasteiger partial charge is 0.243 e. The van der Waals surface area contributed by atoms with Crippen molar-refractivity contribution in [2.75, 3.05) is 20.2 Å². The molecule has 0 atom stereocenters. The number of nitrogens with zero attached hydrogens (tertiary/aromatic N) is 1. The zero-order chi connectivity index (χ0) is 13.2. The number of methoxy groups -OCH3 is 1. The lowest BCUT2D eigenvalue weighted by molar-refractivity contribution is 0.113. The molecule has 0 aromatic heterocycles. The minimum absolute atomic E-state index is 0.264. The van der Waals surface area contributed by atoms with Gasteiger partial charge in [0, 0.05) is 13.1 Å². The normalized spacial score (nSPS) is 18.8. The van der Waals surface area contributed by atoms with Crippen molar-refractivity contribution < 1.29 is 18.3 Å². The Bertz CT molecular complexity index is 489. The summed E-state index contributed by atoms with van der Waals surface area (Å²) in [4.78, 5) is 0.264. The molecule has 1 aromatic rings. The van der Waals surface area contributed by atoms with Crippen LogP contribution in [0.2, 0.25) is 0 Å². The number of aliphatic hydroxyl groups is 1. The van der Waals surface area contributed by atoms with E-state index in [9.17, 15) is 13.5 Å². The summed E-state index contributed by atoms with van der Waals surface area (Å²) in [7, 11) is -1.91. The summed E-state index contributed by atoms with van der Waals surface area (Å²) >= 11 is 0. The third kappa shape index (κ3) is 2.66. The molecule has 5 nitrogen and oxygen atoms in total. The number of hydrogen-bond acceptors (Lipinski definition) is 4. The van der Waals surface area contributed by atoms with E-state index in [2.05, 4.69) is 0 Å². The predicted molar refractivity (Wildman–Crippen MR) is 67.0 cm³/mol. The lowest BCUT2D eigenvalue weighted by Crippen LogP contribution is -2.39. The topological polar surface area (TPSA) is 66.8 Å². The molecule has 0 bridgehead atoms. The predicted octanol–water partition coefficient (Wildman–Crippen LogP) is 0.841. The molecule has 6 heteroatoms. The van der Waals surface area contributed by atoms with Gasteiger partial charge in [-0.1, -0.05) is 0 Å². The maximum Gasteiger partial charge on any atom is 0.243 e. The van der Waals surface area contributed by atoms with Gasteiger partial charge >= 0.3 is 0 Å². The van der Waals surface area contributed by atoms with E-state index in [1.165, 1.54) is 11.4 Å². The second-order valence-electron chi connectivity index (χ2n) is 4.31. The lowest BCUT2D eigenvalue weighted by atomic mass is 10.1. The molecule has 2 rings (SSSR count). The third-order valence-electron chi connectivity index (χ3n) is 3.12. The molecular weight excluding hydrogens is 254 g/mol. The molecule has 1 aliphatic heterocycles. The van der Waals surface area contributed by atoms with E-state index in [4.69, 9.17) is 4.74 Å². The molecule has 0 unspecified atom stereocenters. The Balaban J connectivity index is 2.19. The van der Waals surface area contributed by atoms with Gasteiger partial charge in [-0.05, 0) is 37.1 Å². The highest BCUT2D eigenvalue weighted by molar-refractivity contribution is 7.89. The van der Waals surface area contributed by atoms with Crippen molar-refractivity contribution in [1.29, 1.82) is 0 Å². The molecule has 0 radical (unpaired) electrons. The molecular formula is C12H17NO4S. The number of rotatable bonds is 3. The molecule has 0 saturated carbocycles. The highest BCUT2D eigenvalue weighted by Crippen LogP contribution is 2.22. The van der Waals surface area contributed by atoms with Crippen molar-refractivity contribution in [1.82, 2.24) is 4.31 Å². The van der Waals surface area contributed by atoms with E-state index >= 15 is 0 Å². The molecule has 0 aliphatic carbocycles. The van der Waals surface area contributed by atoms with Crippen LogP contribution in [0.4, 0.5) is 0 Å². The average Bonchev–Trinajstić information content (AvgIpc) is 2.39. The molecule has 0 spiro atoms. The Hall–Kier alpha value is -1.11. The van der Waals surface area contributed by atoms with Crippen molar-refractivity contribution in [3.05, 3.63) is 24.3 Å². The summed E-state index contributed by atoms with van der Waals surface area (Å²) in [5.41, 5.74) is 0. The fraction of sp³-hybridized carbons (Fsp3) is 0.500. The average molecular weight is 271 g/mol. The number of ether oxygens (including phenoxy) is 1. The molecule has 0 amide bonds. The summed E-state index contributed by atoms with van der Waals surface area (Å²) < 4.78 is 31.0. The van der Waals surface area contributed by atoms with Crippen molar-refractivity contribution in [2.24, 2.45) is 0 Å². The van der Waals surface area contributed by atoms with Crippen molar-refractivity contribution in [3.63, 3.8) is 0 Å². The standard InChI is InChI=1S/C12H17NO4S/c1-17-11-2-4-12(5-3-11)18(15,16)13-8-6-10(14)7-9-13/h2-5,10,14H,6-9H2,1H3. The Kier molecular flexibility index (Phi) is 3.89. The lowest BCUT2D eigenvalue weighted by Gasteiger charge is -2.28. The summed E-state index contributed by atoms with van der Waals surface area (Å²) in [6.45, 7) is 0.741. The number of benzene rings is 1. The molecule has 1 aliphatic rings. The Morgan fingerprint density at radius 1 is 1.22 bits per heavy atom. The van der Waals surface area contributed by atoms with Crippen LogP contribution in [-0.2, 0) is 10.0 Å². The van der Waals surface area contributed by atoms with E-state index < -0.39 is 10.0 Å².